The average Bonchev–Trinajstić information content (AvgIpc) is 2.90. The van der Waals surface area contributed by atoms with Crippen molar-refractivity contribution in [3.05, 3.63) is 0 Å². The average molecular weight is 240 g/mol. The van der Waals surface area contributed by atoms with Gasteiger partial charge in [-0.05, 0) is 38.8 Å². The Hall–Kier alpha value is -0.120. The Balaban J connectivity index is 1.60. The second-order valence-electron chi connectivity index (χ2n) is 6.05. The second kappa shape index (κ2) is 6.72. The van der Waals surface area contributed by atoms with E-state index in [1.807, 2.05) is 0 Å². The highest BCUT2D eigenvalue weighted by Crippen LogP contribution is 2.28. The van der Waals surface area contributed by atoms with Crippen molar-refractivity contribution in [1.29, 1.82) is 0 Å². The summed E-state index contributed by atoms with van der Waals surface area (Å²) in [6, 6.07) is 0.652. The molecule has 2 unspecified atom stereocenters. The summed E-state index contributed by atoms with van der Waals surface area (Å²) < 4.78 is 0. The number of aliphatic hydroxyl groups excluding tert-OH is 1. The molecular formula is C14H28N2O. The summed E-state index contributed by atoms with van der Waals surface area (Å²) in [5, 5.41) is 13.6. The van der Waals surface area contributed by atoms with E-state index in [0.29, 0.717) is 6.04 Å². The highest BCUT2D eigenvalue weighted by atomic mass is 16.3. The van der Waals surface area contributed by atoms with Crippen molar-refractivity contribution in [2.45, 2.75) is 57.1 Å². The molecule has 0 radical (unpaired) electrons. The lowest BCUT2D eigenvalue weighted by atomic mass is 10.00. The molecule has 0 amide bonds. The third-order valence-electron chi connectivity index (χ3n) is 4.30. The highest BCUT2D eigenvalue weighted by molar-refractivity contribution is 4.78. The molecule has 0 aromatic heterocycles. The maximum atomic E-state index is 10.1. The van der Waals surface area contributed by atoms with Gasteiger partial charge in [0, 0.05) is 19.1 Å². The molecule has 0 aromatic carbocycles. The molecule has 0 aromatic rings. The molecular weight excluding hydrogens is 212 g/mol. The first-order valence-electron chi connectivity index (χ1n) is 7.34. The molecule has 17 heavy (non-hydrogen) atoms. The summed E-state index contributed by atoms with van der Waals surface area (Å²) >= 11 is 0. The van der Waals surface area contributed by atoms with Gasteiger partial charge in [0.15, 0.2) is 0 Å². The predicted molar refractivity (Wildman–Crippen MR) is 71.1 cm³/mol. The van der Waals surface area contributed by atoms with Crippen molar-refractivity contribution >= 4 is 0 Å². The second-order valence-corrected chi connectivity index (χ2v) is 6.05. The standard InChI is InChI=1S/C14H28N2O/c1-16(10-13-7-4-8-15-13)11-14(17)9-12-5-2-3-6-12/h12-15,17H,2-11H2,1H3. The van der Waals surface area contributed by atoms with Gasteiger partial charge < -0.3 is 15.3 Å². The fourth-order valence-corrected chi connectivity index (χ4v) is 3.43. The molecule has 2 atom stereocenters. The van der Waals surface area contributed by atoms with Gasteiger partial charge in [-0.3, -0.25) is 0 Å². The van der Waals surface area contributed by atoms with Crippen LogP contribution in [-0.2, 0) is 0 Å². The zero-order valence-corrected chi connectivity index (χ0v) is 11.2. The Morgan fingerprint density at radius 1 is 1.24 bits per heavy atom. The van der Waals surface area contributed by atoms with Crippen molar-refractivity contribution in [2.75, 3.05) is 26.7 Å². The summed E-state index contributed by atoms with van der Waals surface area (Å²) in [6.45, 7) is 3.10. The topological polar surface area (TPSA) is 35.5 Å². The van der Waals surface area contributed by atoms with Crippen LogP contribution in [0.4, 0.5) is 0 Å². The molecule has 1 aliphatic carbocycles. The van der Waals surface area contributed by atoms with Crippen LogP contribution in [0.3, 0.4) is 0 Å². The van der Waals surface area contributed by atoms with E-state index in [2.05, 4.69) is 17.3 Å². The maximum absolute atomic E-state index is 10.1. The van der Waals surface area contributed by atoms with Crippen molar-refractivity contribution in [3.8, 4) is 0 Å². The summed E-state index contributed by atoms with van der Waals surface area (Å²) in [4.78, 5) is 2.29. The molecule has 1 heterocycles. The Morgan fingerprint density at radius 2 is 2.00 bits per heavy atom. The van der Waals surface area contributed by atoms with Crippen molar-refractivity contribution in [3.63, 3.8) is 0 Å². The highest BCUT2D eigenvalue weighted by Gasteiger charge is 2.21. The van der Waals surface area contributed by atoms with Crippen LogP contribution in [0.5, 0.6) is 0 Å². The molecule has 2 aliphatic rings. The van der Waals surface area contributed by atoms with Crippen LogP contribution in [0, 0.1) is 5.92 Å². The number of likely N-dealkylation sites (N-methyl/N-ethyl adjacent to an activating group) is 1. The molecule has 2 N–H and O–H groups in total. The van der Waals surface area contributed by atoms with Gasteiger partial charge in [-0.15, -0.1) is 0 Å². The summed E-state index contributed by atoms with van der Waals surface area (Å²) in [7, 11) is 2.14. The van der Waals surface area contributed by atoms with Gasteiger partial charge in [0.2, 0.25) is 0 Å². The third-order valence-corrected chi connectivity index (χ3v) is 4.30. The van der Waals surface area contributed by atoms with Crippen LogP contribution in [0.25, 0.3) is 0 Å². The Labute approximate surface area is 106 Å². The van der Waals surface area contributed by atoms with Crippen LogP contribution in [-0.4, -0.2) is 48.8 Å². The third kappa shape index (κ3) is 4.57. The Kier molecular flexibility index (Phi) is 5.26. The van der Waals surface area contributed by atoms with Gasteiger partial charge in [0.05, 0.1) is 6.10 Å². The molecule has 2 fully saturated rings. The van der Waals surface area contributed by atoms with Crippen LogP contribution < -0.4 is 5.32 Å². The number of hydrogen-bond donors (Lipinski definition) is 2. The first-order chi connectivity index (χ1) is 8.24. The largest absolute Gasteiger partial charge is 0.392 e. The van der Waals surface area contributed by atoms with E-state index >= 15 is 0 Å². The number of rotatable bonds is 6. The predicted octanol–water partition coefficient (Wildman–Crippen LogP) is 1.61. The smallest absolute Gasteiger partial charge is 0.0669 e. The molecule has 1 aliphatic heterocycles. The van der Waals surface area contributed by atoms with E-state index in [4.69, 9.17) is 0 Å². The Morgan fingerprint density at radius 3 is 2.65 bits per heavy atom. The molecule has 1 saturated carbocycles. The number of nitrogens with zero attached hydrogens (tertiary/aromatic N) is 1. The van der Waals surface area contributed by atoms with Crippen molar-refractivity contribution in [1.82, 2.24) is 10.2 Å². The van der Waals surface area contributed by atoms with Gasteiger partial charge in [-0.2, -0.15) is 0 Å². The molecule has 0 bridgehead atoms. The summed E-state index contributed by atoms with van der Waals surface area (Å²) in [5.41, 5.74) is 0. The van der Waals surface area contributed by atoms with Gasteiger partial charge in [-0.1, -0.05) is 25.7 Å². The van der Waals surface area contributed by atoms with E-state index in [1.54, 1.807) is 0 Å². The lowest BCUT2D eigenvalue weighted by Crippen LogP contribution is -2.39. The number of nitrogens with one attached hydrogen (secondary N) is 1. The first kappa shape index (κ1) is 13.3. The molecule has 2 rings (SSSR count). The van der Waals surface area contributed by atoms with Crippen LogP contribution in [0.1, 0.15) is 44.9 Å². The van der Waals surface area contributed by atoms with Crippen LogP contribution in [0.15, 0.2) is 0 Å². The quantitative estimate of drug-likeness (QED) is 0.740. The Bertz CT molecular complexity index is 188. The van der Waals surface area contributed by atoms with Gasteiger partial charge in [-0.25, -0.2) is 0 Å². The van der Waals surface area contributed by atoms with Crippen molar-refractivity contribution in [2.24, 2.45) is 5.92 Å². The summed E-state index contributed by atoms with van der Waals surface area (Å²) in [6.07, 6.45) is 8.92. The van der Waals surface area contributed by atoms with E-state index in [1.165, 1.54) is 45.1 Å². The molecule has 3 nitrogen and oxygen atoms in total. The van der Waals surface area contributed by atoms with E-state index in [-0.39, 0.29) is 6.10 Å². The minimum absolute atomic E-state index is 0.121. The lowest BCUT2D eigenvalue weighted by Gasteiger charge is -2.25. The lowest BCUT2D eigenvalue weighted by molar-refractivity contribution is 0.0988. The first-order valence-corrected chi connectivity index (χ1v) is 7.34. The molecule has 0 spiro atoms. The monoisotopic (exact) mass is 240 g/mol. The number of aliphatic hydroxyl groups is 1. The van der Waals surface area contributed by atoms with Gasteiger partial charge in [0.25, 0.3) is 0 Å². The SMILES string of the molecule is CN(CC(O)CC1CCCC1)CC1CCCN1. The zero-order valence-electron chi connectivity index (χ0n) is 11.2. The molecule has 1 saturated heterocycles. The van der Waals surface area contributed by atoms with Gasteiger partial charge in [0.1, 0.15) is 0 Å². The van der Waals surface area contributed by atoms with E-state index in [9.17, 15) is 5.11 Å². The van der Waals surface area contributed by atoms with Crippen LogP contribution in [0.2, 0.25) is 0 Å². The van der Waals surface area contributed by atoms with Gasteiger partial charge >= 0.3 is 0 Å². The van der Waals surface area contributed by atoms with E-state index in [0.717, 1.165) is 25.4 Å². The fourth-order valence-electron chi connectivity index (χ4n) is 3.43. The van der Waals surface area contributed by atoms with E-state index < -0.39 is 0 Å². The van der Waals surface area contributed by atoms with Crippen LogP contribution >= 0.6 is 0 Å². The fraction of sp³-hybridized carbons (Fsp3) is 1.00. The number of hydrogen-bond acceptors (Lipinski definition) is 3. The molecule has 3 heteroatoms. The summed E-state index contributed by atoms with van der Waals surface area (Å²) in [5.74, 6) is 0.794. The normalized spacial score (nSPS) is 28.1. The minimum Gasteiger partial charge on any atom is -0.392 e. The minimum atomic E-state index is -0.121. The zero-order chi connectivity index (χ0) is 12.1. The van der Waals surface area contributed by atoms with Crippen molar-refractivity contribution < 1.29 is 5.11 Å². The maximum Gasteiger partial charge on any atom is 0.0669 e. The molecule has 100 valence electrons.